The Morgan fingerprint density at radius 2 is 1.76 bits per heavy atom. The zero-order valence-corrected chi connectivity index (χ0v) is 23.7. The van der Waals surface area contributed by atoms with Crippen molar-refractivity contribution in [2.45, 2.75) is 30.4 Å². The molecule has 3 N–H and O–H groups in total. The van der Waals surface area contributed by atoms with E-state index in [0.29, 0.717) is 40.6 Å². The largest absolute Gasteiger partial charge is 0.497 e. The second kappa shape index (κ2) is 14.0. The first-order chi connectivity index (χ1) is 19.8. The first kappa shape index (κ1) is 29.2. The molecule has 1 atom stereocenters. The molecule has 0 spiro atoms. The molecule has 3 amide bonds. The Kier molecular flexibility index (Phi) is 9.95. The number of aromatic nitrogens is 1. The summed E-state index contributed by atoms with van der Waals surface area (Å²) < 4.78 is 10.3. The molecule has 4 rings (SSSR count). The van der Waals surface area contributed by atoms with Crippen LogP contribution in [0, 0.1) is 6.92 Å². The molecule has 0 fully saturated rings. The second-order valence-corrected chi connectivity index (χ2v) is 10.2. The Morgan fingerprint density at radius 1 is 0.976 bits per heavy atom. The Morgan fingerprint density at radius 3 is 2.46 bits per heavy atom. The van der Waals surface area contributed by atoms with E-state index in [9.17, 15) is 14.4 Å². The zero-order valence-electron chi connectivity index (χ0n) is 22.8. The summed E-state index contributed by atoms with van der Waals surface area (Å²) in [6, 6.07) is 24.6. The number of hydrogen-bond acceptors (Lipinski definition) is 7. The van der Waals surface area contributed by atoms with Gasteiger partial charge in [0.15, 0.2) is 5.82 Å². The number of hydrogen-bond donors (Lipinski definition) is 3. The van der Waals surface area contributed by atoms with Crippen LogP contribution in [0.2, 0.25) is 0 Å². The molecular weight excluding hydrogens is 540 g/mol. The van der Waals surface area contributed by atoms with Crippen LogP contribution in [0.4, 0.5) is 11.5 Å². The van der Waals surface area contributed by atoms with Gasteiger partial charge in [0.05, 0.1) is 12.4 Å². The van der Waals surface area contributed by atoms with Crippen molar-refractivity contribution >= 4 is 47.1 Å². The van der Waals surface area contributed by atoms with Crippen molar-refractivity contribution in [2.75, 3.05) is 17.7 Å². The minimum atomic E-state index is -0.509. The molecule has 210 valence electrons. The molecule has 1 heterocycles. The van der Waals surface area contributed by atoms with Crippen LogP contribution < -0.4 is 20.7 Å². The van der Waals surface area contributed by atoms with Crippen molar-refractivity contribution in [2.24, 2.45) is 0 Å². The van der Waals surface area contributed by atoms with Gasteiger partial charge in [-0.25, -0.2) is 0 Å². The van der Waals surface area contributed by atoms with Gasteiger partial charge in [0.1, 0.15) is 17.2 Å². The third kappa shape index (κ3) is 8.33. The number of rotatable bonds is 11. The van der Waals surface area contributed by atoms with Gasteiger partial charge in [-0.1, -0.05) is 48.5 Å². The Bertz CT molecular complexity index is 1550. The van der Waals surface area contributed by atoms with Crippen molar-refractivity contribution in [3.63, 3.8) is 0 Å². The summed E-state index contributed by atoms with van der Waals surface area (Å²) in [7, 11) is 1.56. The van der Waals surface area contributed by atoms with Crippen molar-refractivity contribution in [3.8, 4) is 5.75 Å². The molecule has 0 aliphatic heterocycles. The number of carbonyl (C=O) groups excluding carboxylic acids is 3. The summed E-state index contributed by atoms with van der Waals surface area (Å²) in [6.07, 6.45) is 2.16. The van der Waals surface area contributed by atoms with E-state index in [0.717, 1.165) is 4.90 Å². The average Bonchev–Trinajstić information content (AvgIpc) is 3.40. The molecule has 4 aromatic rings. The number of amides is 3. The average molecular weight is 571 g/mol. The SMILES string of the molecule is CCC(Sc1cccc(NC(=O)/C(=C/c2cccc(OC)c2)NC(=O)c2ccccc2)c1)C(=O)Nc1cc(C)on1. The zero-order chi connectivity index (χ0) is 29.2. The van der Waals surface area contributed by atoms with Crippen molar-refractivity contribution in [1.29, 1.82) is 0 Å². The molecule has 9 nitrogen and oxygen atoms in total. The second-order valence-electron chi connectivity index (χ2n) is 8.96. The van der Waals surface area contributed by atoms with Gasteiger partial charge in [-0.15, -0.1) is 11.8 Å². The maximum atomic E-state index is 13.4. The fourth-order valence-electron chi connectivity index (χ4n) is 3.80. The third-order valence-corrected chi connectivity index (χ3v) is 7.20. The molecular formula is C31H30N4O5S. The van der Waals surface area contributed by atoms with E-state index in [4.69, 9.17) is 9.26 Å². The van der Waals surface area contributed by atoms with Crippen LogP contribution in [-0.2, 0) is 9.59 Å². The predicted molar refractivity (Wildman–Crippen MR) is 160 cm³/mol. The lowest BCUT2D eigenvalue weighted by Gasteiger charge is -2.15. The van der Waals surface area contributed by atoms with Crippen LogP contribution in [0.15, 0.2) is 100 Å². The molecule has 0 aliphatic carbocycles. The van der Waals surface area contributed by atoms with Crippen molar-refractivity contribution in [1.82, 2.24) is 10.5 Å². The molecule has 3 aromatic carbocycles. The van der Waals surface area contributed by atoms with Gasteiger partial charge < -0.3 is 25.2 Å². The van der Waals surface area contributed by atoms with Gasteiger partial charge in [-0.3, -0.25) is 14.4 Å². The van der Waals surface area contributed by atoms with Crippen LogP contribution in [0.1, 0.15) is 35.0 Å². The predicted octanol–water partition coefficient (Wildman–Crippen LogP) is 5.91. The van der Waals surface area contributed by atoms with Crippen LogP contribution in [0.3, 0.4) is 0 Å². The number of anilines is 2. The topological polar surface area (TPSA) is 123 Å². The number of benzene rings is 3. The molecule has 0 radical (unpaired) electrons. The van der Waals surface area contributed by atoms with Crippen molar-refractivity contribution < 1.29 is 23.6 Å². The Hall–Kier alpha value is -4.83. The smallest absolute Gasteiger partial charge is 0.272 e. The highest BCUT2D eigenvalue weighted by atomic mass is 32.2. The highest BCUT2D eigenvalue weighted by molar-refractivity contribution is 8.00. The lowest BCUT2D eigenvalue weighted by molar-refractivity contribution is -0.116. The summed E-state index contributed by atoms with van der Waals surface area (Å²) in [6.45, 7) is 3.67. The van der Waals surface area contributed by atoms with Gasteiger partial charge in [0.25, 0.3) is 11.8 Å². The number of thioether (sulfide) groups is 1. The van der Waals surface area contributed by atoms with E-state index in [-0.39, 0.29) is 11.6 Å². The molecule has 0 saturated heterocycles. The number of nitrogens with one attached hydrogen (secondary N) is 3. The van der Waals surface area contributed by atoms with E-state index in [1.807, 2.05) is 19.1 Å². The maximum absolute atomic E-state index is 13.4. The standard InChI is InChI=1S/C31H30N4O5S/c1-4-27(31(38)34-28-16-20(2)40-35-28)41-25-15-9-13-23(19-25)32-30(37)26(18-21-10-8-14-24(17-21)39-3)33-29(36)22-11-6-5-7-12-22/h5-19,27H,4H2,1-3H3,(H,32,37)(H,33,36)(H,34,35,38)/b26-18-. The summed E-state index contributed by atoms with van der Waals surface area (Å²) in [5.41, 5.74) is 1.65. The fourth-order valence-corrected chi connectivity index (χ4v) is 4.82. The third-order valence-electron chi connectivity index (χ3n) is 5.85. The van der Waals surface area contributed by atoms with Gasteiger partial charge in [0.2, 0.25) is 5.91 Å². The minimum absolute atomic E-state index is 0.0545. The first-order valence-corrected chi connectivity index (χ1v) is 13.8. The highest BCUT2D eigenvalue weighted by Crippen LogP contribution is 2.29. The van der Waals surface area contributed by atoms with Gasteiger partial charge in [-0.05, 0) is 67.4 Å². The number of methoxy groups -OCH3 is 1. The lowest BCUT2D eigenvalue weighted by atomic mass is 10.1. The summed E-state index contributed by atoms with van der Waals surface area (Å²) in [4.78, 5) is 39.9. The number of carbonyl (C=O) groups is 3. The molecule has 10 heteroatoms. The molecule has 1 unspecified atom stereocenters. The van der Waals surface area contributed by atoms with Crippen LogP contribution in [0.5, 0.6) is 5.75 Å². The Balaban J connectivity index is 1.51. The van der Waals surface area contributed by atoms with Crippen LogP contribution in [-0.4, -0.2) is 35.2 Å². The highest BCUT2D eigenvalue weighted by Gasteiger charge is 2.20. The van der Waals surface area contributed by atoms with E-state index in [1.165, 1.54) is 11.8 Å². The number of ether oxygens (including phenoxy) is 1. The quantitative estimate of drug-likeness (QED) is 0.151. The van der Waals surface area contributed by atoms with E-state index >= 15 is 0 Å². The van der Waals surface area contributed by atoms with Crippen LogP contribution in [0.25, 0.3) is 6.08 Å². The van der Waals surface area contributed by atoms with Gasteiger partial charge in [0, 0.05) is 22.2 Å². The molecule has 1 aromatic heterocycles. The number of nitrogens with zero attached hydrogens (tertiary/aromatic N) is 1. The van der Waals surface area contributed by atoms with E-state index < -0.39 is 17.1 Å². The normalized spacial score (nSPS) is 11.8. The molecule has 0 bridgehead atoms. The fraction of sp³-hybridized carbons (Fsp3) is 0.161. The van der Waals surface area contributed by atoms with Gasteiger partial charge >= 0.3 is 0 Å². The monoisotopic (exact) mass is 570 g/mol. The van der Waals surface area contributed by atoms with Crippen molar-refractivity contribution in [3.05, 3.63) is 108 Å². The first-order valence-electron chi connectivity index (χ1n) is 12.9. The van der Waals surface area contributed by atoms with Gasteiger partial charge in [-0.2, -0.15) is 0 Å². The summed E-state index contributed by atoms with van der Waals surface area (Å²) in [5, 5.41) is 11.8. The van der Waals surface area contributed by atoms with Crippen LogP contribution >= 0.6 is 11.8 Å². The van der Waals surface area contributed by atoms with E-state index in [2.05, 4.69) is 21.1 Å². The summed E-state index contributed by atoms with van der Waals surface area (Å²) >= 11 is 1.37. The molecule has 0 saturated carbocycles. The maximum Gasteiger partial charge on any atom is 0.272 e. The Labute approximate surface area is 242 Å². The summed E-state index contributed by atoms with van der Waals surface area (Å²) in [5.74, 6) is 0.451. The molecule has 41 heavy (non-hydrogen) atoms. The minimum Gasteiger partial charge on any atom is -0.497 e. The molecule has 0 aliphatic rings. The lowest BCUT2D eigenvalue weighted by Crippen LogP contribution is -2.30. The number of aryl methyl sites for hydroxylation is 1. The van der Waals surface area contributed by atoms with E-state index in [1.54, 1.807) is 92.9 Å².